The number of hydrogen-bond acceptors (Lipinski definition) is 4. The largest absolute Gasteiger partial charge is 0.378 e. The number of nitrogens with zero attached hydrogens (tertiary/aromatic N) is 2. The molecule has 0 radical (unpaired) electrons. The molecule has 5 nitrogen and oxygen atoms in total. The minimum absolute atomic E-state index is 0.0237. The second-order valence-electron chi connectivity index (χ2n) is 5.66. The lowest BCUT2D eigenvalue weighted by atomic mass is 9.90. The maximum Gasteiger partial charge on any atom is 0.311 e. The number of pyridine rings is 1. The number of rotatable bonds is 5. The standard InChI is InChI=1S/C15H19N3O2/c1-4-15(2,3)10-17-14-11-7-5-6-8-12(11)16-9-13(14)18(19)20/h5-9H,4,10H2,1-3H3,(H,16,17). The third-order valence-electron chi connectivity index (χ3n) is 3.65. The van der Waals surface area contributed by atoms with Gasteiger partial charge in [-0.2, -0.15) is 0 Å². The van der Waals surface area contributed by atoms with E-state index in [0.29, 0.717) is 12.2 Å². The van der Waals surface area contributed by atoms with Crippen LogP contribution in [0.1, 0.15) is 27.2 Å². The van der Waals surface area contributed by atoms with Crippen molar-refractivity contribution in [1.29, 1.82) is 0 Å². The summed E-state index contributed by atoms with van der Waals surface area (Å²) in [5.74, 6) is 0. The molecule has 0 fully saturated rings. The lowest BCUT2D eigenvalue weighted by Gasteiger charge is -2.23. The molecule has 2 aromatic rings. The number of aromatic nitrogens is 1. The van der Waals surface area contributed by atoms with Crippen molar-refractivity contribution in [2.75, 3.05) is 11.9 Å². The topological polar surface area (TPSA) is 68.1 Å². The number of hydrogen-bond donors (Lipinski definition) is 1. The van der Waals surface area contributed by atoms with Crippen molar-refractivity contribution in [2.45, 2.75) is 27.2 Å². The van der Waals surface area contributed by atoms with Crippen LogP contribution in [0.4, 0.5) is 11.4 Å². The van der Waals surface area contributed by atoms with Gasteiger partial charge in [0.15, 0.2) is 0 Å². The quantitative estimate of drug-likeness (QED) is 0.660. The van der Waals surface area contributed by atoms with Crippen LogP contribution in [0.5, 0.6) is 0 Å². The molecule has 2 rings (SSSR count). The smallest absolute Gasteiger partial charge is 0.311 e. The molecular formula is C15H19N3O2. The predicted molar refractivity (Wildman–Crippen MR) is 81.0 cm³/mol. The molecule has 0 aliphatic rings. The molecule has 0 saturated carbocycles. The molecule has 0 aliphatic carbocycles. The van der Waals surface area contributed by atoms with E-state index in [1.807, 2.05) is 24.3 Å². The first-order valence-corrected chi connectivity index (χ1v) is 6.70. The highest BCUT2D eigenvalue weighted by Crippen LogP contribution is 2.32. The molecule has 106 valence electrons. The van der Waals surface area contributed by atoms with Crippen molar-refractivity contribution in [2.24, 2.45) is 5.41 Å². The molecule has 0 amide bonds. The van der Waals surface area contributed by atoms with Crippen molar-refractivity contribution >= 4 is 22.3 Å². The van der Waals surface area contributed by atoms with Gasteiger partial charge in [0.2, 0.25) is 0 Å². The van der Waals surface area contributed by atoms with Crippen LogP contribution in [0, 0.1) is 15.5 Å². The fourth-order valence-electron chi connectivity index (χ4n) is 1.91. The lowest BCUT2D eigenvalue weighted by molar-refractivity contribution is -0.384. The molecule has 0 unspecified atom stereocenters. The van der Waals surface area contributed by atoms with E-state index >= 15 is 0 Å². The molecule has 0 saturated heterocycles. The van der Waals surface area contributed by atoms with Gasteiger partial charge in [0.05, 0.1) is 10.4 Å². The lowest BCUT2D eigenvalue weighted by Crippen LogP contribution is -2.22. The van der Waals surface area contributed by atoms with Crippen molar-refractivity contribution in [3.05, 3.63) is 40.6 Å². The summed E-state index contributed by atoms with van der Waals surface area (Å²) in [5.41, 5.74) is 1.42. The monoisotopic (exact) mass is 273 g/mol. The zero-order valence-corrected chi connectivity index (χ0v) is 12.0. The third-order valence-corrected chi connectivity index (χ3v) is 3.65. The average molecular weight is 273 g/mol. The zero-order valence-electron chi connectivity index (χ0n) is 12.0. The van der Waals surface area contributed by atoms with E-state index in [9.17, 15) is 10.1 Å². The molecular weight excluding hydrogens is 254 g/mol. The van der Waals surface area contributed by atoms with Crippen LogP contribution >= 0.6 is 0 Å². The van der Waals surface area contributed by atoms with Crippen LogP contribution in [0.2, 0.25) is 0 Å². The first-order chi connectivity index (χ1) is 9.44. The zero-order chi connectivity index (χ0) is 14.8. The summed E-state index contributed by atoms with van der Waals surface area (Å²) in [5, 5.41) is 15.2. The first kappa shape index (κ1) is 14.2. The van der Waals surface area contributed by atoms with Gasteiger partial charge in [-0.15, -0.1) is 0 Å². The fraction of sp³-hybridized carbons (Fsp3) is 0.400. The Kier molecular flexibility index (Phi) is 3.88. The van der Waals surface area contributed by atoms with Gasteiger partial charge in [0.25, 0.3) is 0 Å². The Balaban J connectivity index is 2.47. The number of nitro groups is 1. The van der Waals surface area contributed by atoms with Crippen LogP contribution in [0.3, 0.4) is 0 Å². The van der Waals surface area contributed by atoms with Gasteiger partial charge in [0.1, 0.15) is 11.9 Å². The molecule has 0 aliphatic heterocycles. The van der Waals surface area contributed by atoms with Gasteiger partial charge in [-0.05, 0) is 17.9 Å². The number of nitrogens with one attached hydrogen (secondary N) is 1. The summed E-state index contributed by atoms with van der Waals surface area (Å²) >= 11 is 0. The SMILES string of the molecule is CCC(C)(C)CNc1c([N+](=O)[O-])cnc2ccccc12. The molecule has 1 N–H and O–H groups in total. The van der Waals surface area contributed by atoms with Gasteiger partial charge >= 0.3 is 5.69 Å². The van der Waals surface area contributed by atoms with Gasteiger partial charge in [-0.3, -0.25) is 10.1 Å². The van der Waals surface area contributed by atoms with Gasteiger partial charge < -0.3 is 5.32 Å². The highest BCUT2D eigenvalue weighted by molar-refractivity contribution is 5.95. The Morgan fingerprint density at radius 1 is 1.35 bits per heavy atom. The van der Waals surface area contributed by atoms with Gasteiger partial charge in [-0.25, -0.2) is 4.98 Å². The summed E-state index contributed by atoms with van der Waals surface area (Å²) in [6.07, 6.45) is 2.32. The average Bonchev–Trinajstić information content (AvgIpc) is 2.44. The highest BCUT2D eigenvalue weighted by atomic mass is 16.6. The number of benzene rings is 1. The van der Waals surface area contributed by atoms with Crippen LogP contribution in [-0.4, -0.2) is 16.5 Å². The van der Waals surface area contributed by atoms with Crippen molar-refractivity contribution in [3.8, 4) is 0 Å². The summed E-state index contributed by atoms with van der Waals surface area (Å²) in [4.78, 5) is 14.9. The van der Waals surface area contributed by atoms with E-state index in [0.717, 1.165) is 17.3 Å². The summed E-state index contributed by atoms with van der Waals surface area (Å²) < 4.78 is 0. The van der Waals surface area contributed by atoms with E-state index in [-0.39, 0.29) is 16.0 Å². The van der Waals surface area contributed by atoms with Gasteiger partial charge in [0, 0.05) is 11.9 Å². The maximum absolute atomic E-state index is 11.2. The molecule has 1 aromatic heterocycles. The van der Waals surface area contributed by atoms with Crippen LogP contribution < -0.4 is 5.32 Å². The van der Waals surface area contributed by atoms with Crippen molar-refractivity contribution in [3.63, 3.8) is 0 Å². The number of fused-ring (bicyclic) bond motifs is 1. The van der Waals surface area contributed by atoms with E-state index < -0.39 is 0 Å². The van der Waals surface area contributed by atoms with Gasteiger partial charge in [-0.1, -0.05) is 39.0 Å². The summed E-state index contributed by atoms with van der Waals surface area (Å²) in [6.45, 7) is 7.06. The molecule has 0 bridgehead atoms. The van der Waals surface area contributed by atoms with E-state index in [4.69, 9.17) is 0 Å². The second-order valence-corrected chi connectivity index (χ2v) is 5.66. The van der Waals surface area contributed by atoms with E-state index in [2.05, 4.69) is 31.1 Å². The van der Waals surface area contributed by atoms with Crippen molar-refractivity contribution in [1.82, 2.24) is 4.98 Å². The Hall–Kier alpha value is -2.17. The molecule has 0 atom stereocenters. The Morgan fingerprint density at radius 2 is 2.05 bits per heavy atom. The fourth-order valence-corrected chi connectivity index (χ4v) is 1.91. The molecule has 20 heavy (non-hydrogen) atoms. The molecule has 1 heterocycles. The Labute approximate surface area is 118 Å². The van der Waals surface area contributed by atoms with Crippen LogP contribution in [-0.2, 0) is 0 Å². The Bertz CT molecular complexity index is 638. The highest BCUT2D eigenvalue weighted by Gasteiger charge is 2.21. The molecule has 0 spiro atoms. The second kappa shape index (κ2) is 5.45. The number of anilines is 1. The van der Waals surface area contributed by atoms with Crippen LogP contribution in [0.25, 0.3) is 10.9 Å². The first-order valence-electron chi connectivity index (χ1n) is 6.70. The van der Waals surface area contributed by atoms with E-state index in [1.165, 1.54) is 6.20 Å². The minimum atomic E-state index is -0.388. The van der Waals surface area contributed by atoms with E-state index in [1.54, 1.807) is 0 Å². The Morgan fingerprint density at radius 3 is 2.70 bits per heavy atom. The third kappa shape index (κ3) is 2.87. The summed E-state index contributed by atoms with van der Waals surface area (Å²) in [6, 6.07) is 7.45. The molecule has 5 heteroatoms. The van der Waals surface area contributed by atoms with Crippen LogP contribution in [0.15, 0.2) is 30.5 Å². The van der Waals surface area contributed by atoms with Crippen molar-refractivity contribution < 1.29 is 4.92 Å². The minimum Gasteiger partial charge on any atom is -0.378 e. The molecule has 1 aromatic carbocycles. The normalized spacial score (nSPS) is 11.6. The maximum atomic E-state index is 11.2. The predicted octanol–water partition coefficient (Wildman–Crippen LogP) is 3.99. The number of para-hydroxylation sites is 1. The summed E-state index contributed by atoms with van der Waals surface area (Å²) in [7, 11) is 0.